The van der Waals surface area contributed by atoms with Crippen molar-refractivity contribution in [3.8, 4) is 5.75 Å². The van der Waals surface area contributed by atoms with Crippen LogP contribution in [-0.4, -0.2) is 24.5 Å². The normalized spacial score (nSPS) is 16.0. The molecule has 2 aromatic rings. The van der Waals surface area contributed by atoms with Gasteiger partial charge in [-0.3, -0.25) is 9.59 Å². The standard InChI is InChI=1S/C17H15FN2O3/c18-12-7-5-11(6-8-12)9-16(21)19-10-15-17(22)20-13-3-1-2-4-14(13)23-15/h1-8,15H,9-10H2,(H,19,21)(H,20,22). The molecule has 2 amide bonds. The van der Waals surface area contributed by atoms with Gasteiger partial charge in [0.15, 0.2) is 6.10 Å². The predicted octanol–water partition coefficient (Wildman–Crippen LogP) is 1.88. The number of fused-ring (bicyclic) bond motifs is 1. The maximum absolute atomic E-state index is 12.8. The van der Waals surface area contributed by atoms with E-state index in [-0.39, 0.29) is 30.6 Å². The average Bonchev–Trinajstić information content (AvgIpc) is 2.55. The van der Waals surface area contributed by atoms with Crippen LogP contribution in [0.15, 0.2) is 48.5 Å². The Balaban J connectivity index is 1.55. The number of hydrogen-bond donors (Lipinski definition) is 2. The Morgan fingerprint density at radius 2 is 1.91 bits per heavy atom. The van der Waals surface area contributed by atoms with Gasteiger partial charge in [-0.05, 0) is 29.8 Å². The first-order valence-electron chi connectivity index (χ1n) is 7.19. The Morgan fingerprint density at radius 3 is 2.70 bits per heavy atom. The Morgan fingerprint density at radius 1 is 1.17 bits per heavy atom. The van der Waals surface area contributed by atoms with Crippen LogP contribution in [0.5, 0.6) is 5.75 Å². The van der Waals surface area contributed by atoms with Crippen LogP contribution in [0, 0.1) is 5.82 Å². The minimum atomic E-state index is -0.776. The molecule has 23 heavy (non-hydrogen) atoms. The van der Waals surface area contributed by atoms with Crippen LogP contribution in [-0.2, 0) is 16.0 Å². The zero-order valence-corrected chi connectivity index (χ0v) is 12.2. The Hall–Kier alpha value is -2.89. The lowest BCUT2D eigenvalue weighted by Gasteiger charge is -2.25. The van der Waals surface area contributed by atoms with E-state index in [1.807, 2.05) is 0 Å². The van der Waals surface area contributed by atoms with Gasteiger partial charge in [-0.25, -0.2) is 4.39 Å². The molecular weight excluding hydrogens is 299 g/mol. The van der Waals surface area contributed by atoms with Gasteiger partial charge < -0.3 is 15.4 Å². The number of rotatable bonds is 4. The third-order valence-electron chi connectivity index (χ3n) is 3.47. The van der Waals surface area contributed by atoms with E-state index in [1.54, 1.807) is 36.4 Å². The second-order valence-electron chi connectivity index (χ2n) is 5.20. The monoisotopic (exact) mass is 314 g/mol. The molecule has 2 N–H and O–H groups in total. The molecule has 1 atom stereocenters. The fraction of sp³-hybridized carbons (Fsp3) is 0.176. The van der Waals surface area contributed by atoms with E-state index in [1.165, 1.54) is 12.1 Å². The molecule has 0 aliphatic carbocycles. The van der Waals surface area contributed by atoms with Gasteiger partial charge >= 0.3 is 0 Å². The topological polar surface area (TPSA) is 67.4 Å². The van der Waals surface area contributed by atoms with E-state index >= 15 is 0 Å². The average molecular weight is 314 g/mol. The van der Waals surface area contributed by atoms with E-state index in [0.717, 1.165) is 0 Å². The highest BCUT2D eigenvalue weighted by Crippen LogP contribution is 2.28. The van der Waals surface area contributed by atoms with Gasteiger partial charge in [0, 0.05) is 0 Å². The number of carbonyl (C=O) groups excluding carboxylic acids is 2. The van der Waals surface area contributed by atoms with Crippen LogP contribution in [0.4, 0.5) is 10.1 Å². The number of amides is 2. The lowest BCUT2D eigenvalue weighted by Crippen LogP contribution is -2.45. The number of nitrogens with one attached hydrogen (secondary N) is 2. The quantitative estimate of drug-likeness (QED) is 0.905. The van der Waals surface area contributed by atoms with Crippen LogP contribution >= 0.6 is 0 Å². The summed E-state index contributed by atoms with van der Waals surface area (Å²) in [6.07, 6.45) is -0.660. The van der Waals surface area contributed by atoms with Crippen molar-refractivity contribution in [2.75, 3.05) is 11.9 Å². The van der Waals surface area contributed by atoms with Gasteiger partial charge in [-0.2, -0.15) is 0 Å². The van der Waals surface area contributed by atoms with Crippen molar-refractivity contribution in [1.82, 2.24) is 5.32 Å². The molecule has 2 aromatic carbocycles. The molecule has 118 valence electrons. The smallest absolute Gasteiger partial charge is 0.267 e. The lowest BCUT2D eigenvalue weighted by molar-refractivity contribution is -0.124. The van der Waals surface area contributed by atoms with Gasteiger partial charge in [0.1, 0.15) is 11.6 Å². The summed E-state index contributed by atoms with van der Waals surface area (Å²) in [7, 11) is 0. The summed E-state index contributed by atoms with van der Waals surface area (Å²) in [5.41, 5.74) is 1.31. The molecule has 0 bridgehead atoms. The molecule has 1 heterocycles. The summed E-state index contributed by atoms with van der Waals surface area (Å²) in [6.45, 7) is 0.0696. The molecule has 3 rings (SSSR count). The number of benzene rings is 2. The highest BCUT2D eigenvalue weighted by molar-refractivity contribution is 5.98. The summed E-state index contributed by atoms with van der Waals surface area (Å²) >= 11 is 0. The van der Waals surface area contributed by atoms with Gasteiger partial charge in [-0.1, -0.05) is 24.3 Å². The Kier molecular flexibility index (Phi) is 4.23. The molecule has 1 aliphatic rings. The van der Waals surface area contributed by atoms with Crippen LogP contribution in [0.2, 0.25) is 0 Å². The molecule has 5 nitrogen and oxygen atoms in total. The maximum atomic E-state index is 12.8. The van der Waals surface area contributed by atoms with Gasteiger partial charge in [0.05, 0.1) is 18.7 Å². The Labute approximate surface area is 132 Å². The van der Waals surface area contributed by atoms with Crippen LogP contribution in [0.25, 0.3) is 0 Å². The highest BCUT2D eigenvalue weighted by atomic mass is 19.1. The van der Waals surface area contributed by atoms with E-state index in [9.17, 15) is 14.0 Å². The van der Waals surface area contributed by atoms with Gasteiger partial charge in [0.25, 0.3) is 5.91 Å². The van der Waals surface area contributed by atoms with Crippen molar-refractivity contribution in [2.24, 2.45) is 0 Å². The molecular formula is C17H15FN2O3. The number of anilines is 1. The van der Waals surface area contributed by atoms with E-state index < -0.39 is 6.10 Å². The first-order chi connectivity index (χ1) is 11.1. The van der Waals surface area contributed by atoms with Crippen molar-refractivity contribution in [3.05, 3.63) is 59.9 Å². The van der Waals surface area contributed by atoms with E-state index in [0.29, 0.717) is 17.0 Å². The fourth-order valence-electron chi connectivity index (χ4n) is 2.28. The lowest BCUT2D eigenvalue weighted by atomic mass is 10.1. The Bertz CT molecular complexity index is 731. The minimum Gasteiger partial charge on any atom is -0.477 e. The first-order valence-corrected chi connectivity index (χ1v) is 7.19. The largest absolute Gasteiger partial charge is 0.477 e. The second-order valence-corrected chi connectivity index (χ2v) is 5.20. The third-order valence-corrected chi connectivity index (χ3v) is 3.47. The zero-order chi connectivity index (χ0) is 16.2. The molecule has 0 aromatic heterocycles. The summed E-state index contributed by atoms with van der Waals surface area (Å²) in [5.74, 6) is -0.331. The number of hydrogen-bond acceptors (Lipinski definition) is 3. The maximum Gasteiger partial charge on any atom is 0.267 e. The molecule has 1 aliphatic heterocycles. The molecule has 1 unspecified atom stereocenters. The number of para-hydroxylation sites is 2. The van der Waals surface area contributed by atoms with Crippen molar-refractivity contribution in [3.63, 3.8) is 0 Å². The fourth-order valence-corrected chi connectivity index (χ4v) is 2.28. The number of ether oxygens (including phenoxy) is 1. The third kappa shape index (κ3) is 3.66. The van der Waals surface area contributed by atoms with Crippen LogP contribution < -0.4 is 15.4 Å². The number of carbonyl (C=O) groups is 2. The van der Waals surface area contributed by atoms with Gasteiger partial charge in [0.2, 0.25) is 5.91 Å². The molecule has 0 spiro atoms. The summed E-state index contributed by atoms with van der Waals surface area (Å²) < 4.78 is 18.4. The highest BCUT2D eigenvalue weighted by Gasteiger charge is 2.27. The zero-order valence-electron chi connectivity index (χ0n) is 12.2. The van der Waals surface area contributed by atoms with Gasteiger partial charge in [-0.15, -0.1) is 0 Å². The summed E-state index contributed by atoms with van der Waals surface area (Å²) in [5, 5.41) is 5.39. The minimum absolute atomic E-state index is 0.0696. The van der Waals surface area contributed by atoms with E-state index in [2.05, 4.69) is 10.6 Å². The SMILES string of the molecule is O=C(Cc1ccc(F)cc1)NCC1Oc2ccccc2NC1=O. The summed E-state index contributed by atoms with van der Waals surface area (Å²) in [4.78, 5) is 23.8. The first kappa shape index (κ1) is 15.0. The van der Waals surface area contributed by atoms with Crippen molar-refractivity contribution < 1.29 is 18.7 Å². The van der Waals surface area contributed by atoms with Crippen LogP contribution in [0.3, 0.4) is 0 Å². The predicted molar refractivity (Wildman–Crippen MR) is 82.6 cm³/mol. The molecule has 6 heteroatoms. The molecule has 0 radical (unpaired) electrons. The second kappa shape index (κ2) is 6.48. The molecule has 0 saturated heterocycles. The molecule has 0 saturated carbocycles. The van der Waals surface area contributed by atoms with Crippen molar-refractivity contribution in [1.29, 1.82) is 0 Å². The van der Waals surface area contributed by atoms with Crippen molar-refractivity contribution in [2.45, 2.75) is 12.5 Å². The molecule has 0 fully saturated rings. The number of halogens is 1. The van der Waals surface area contributed by atoms with Crippen LogP contribution in [0.1, 0.15) is 5.56 Å². The van der Waals surface area contributed by atoms with Crippen molar-refractivity contribution >= 4 is 17.5 Å². The summed E-state index contributed by atoms with van der Waals surface area (Å²) in [6, 6.07) is 12.8. The van der Waals surface area contributed by atoms with E-state index in [4.69, 9.17) is 4.74 Å².